The molecular formula is C20H14N2O. The van der Waals surface area contributed by atoms with Gasteiger partial charge < -0.3 is 0 Å². The lowest BCUT2D eigenvalue weighted by molar-refractivity contribution is 0.103. The predicted molar refractivity (Wildman–Crippen MR) is 90.9 cm³/mol. The number of carbonyl (C=O) groups excluding carboxylic acids is 1. The summed E-state index contributed by atoms with van der Waals surface area (Å²) in [5.74, 6) is 0.00172. The molecule has 0 fully saturated rings. The van der Waals surface area contributed by atoms with Crippen LogP contribution in [0.1, 0.15) is 15.9 Å². The second kappa shape index (κ2) is 5.54. The Morgan fingerprint density at radius 2 is 1.61 bits per heavy atom. The average molecular weight is 298 g/mol. The Morgan fingerprint density at radius 3 is 2.43 bits per heavy atom. The number of rotatable bonds is 3. The monoisotopic (exact) mass is 298 g/mol. The number of carbonyl (C=O) groups is 1. The largest absolute Gasteiger partial charge is 0.289 e. The molecule has 3 heteroatoms. The van der Waals surface area contributed by atoms with Gasteiger partial charge >= 0.3 is 0 Å². The molecule has 3 nitrogen and oxygen atoms in total. The van der Waals surface area contributed by atoms with E-state index in [1.54, 1.807) is 10.9 Å². The van der Waals surface area contributed by atoms with Gasteiger partial charge in [0.2, 0.25) is 0 Å². The van der Waals surface area contributed by atoms with Crippen LogP contribution < -0.4 is 0 Å². The van der Waals surface area contributed by atoms with Crippen molar-refractivity contribution >= 4 is 16.6 Å². The van der Waals surface area contributed by atoms with Crippen molar-refractivity contribution in [3.63, 3.8) is 0 Å². The van der Waals surface area contributed by atoms with Crippen molar-refractivity contribution in [1.29, 1.82) is 0 Å². The lowest BCUT2D eigenvalue weighted by Crippen LogP contribution is -2.07. The summed E-state index contributed by atoms with van der Waals surface area (Å²) >= 11 is 0. The van der Waals surface area contributed by atoms with E-state index in [-0.39, 0.29) is 5.78 Å². The van der Waals surface area contributed by atoms with Crippen LogP contribution in [0.2, 0.25) is 0 Å². The Balaban J connectivity index is 1.82. The summed E-state index contributed by atoms with van der Waals surface area (Å²) in [6.07, 6.45) is 3.55. The van der Waals surface area contributed by atoms with Crippen molar-refractivity contribution in [3.8, 4) is 5.69 Å². The SMILES string of the molecule is O=C(c1ccc2ccccc2c1)c1ccccc1-n1cccn1. The minimum absolute atomic E-state index is 0.00172. The van der Waals surface area contributed by atoms with Crippen LogP contribution in [0.3, 0.4) is 0 Å². The fourth-order valence-electron chi connectivity index (χ4n) is 2.76. The zero-order chi connectivity index (χ0) is 15.6. The third-order valence-corrected chi connectivity index (χ3v) is 3.91. The lowest BCUT2D eigenvalue weighted by Gasteiger charge is -2.09. The van der Waals surface area contributed by atoms with Crippen molar-refractivity contribution in [1.82, 2.24) is 9.78 Å². The highest BCUT2D eigenvalue weighted by atomic mass is 16.1. The molecule has 0 atom stereocenters. The summed E-state index contributed by atoms with van der Waals surface area (Å²) in [6.45, 7) is 0. The molecule has 0 radical (unpaired) electrons. The first-order valence-electron chi connectivity index (χ1n) is 7.45. The summed E-state index contributed by atoms with van der Waals surface area (Å²) < 4.78 is 1.72. The van der Waals surface area contributed by atoms with Crippen molar-refractivity contribution in [2.45, 2.75) is 0 Å². The first-order valence-corrected chi connectivity index (χ1v) is 7.45. The smallest absolute Gasteiger partial charge is 0.195 e. The number of nitrogens with zero attached hydrogens (tertiary/aromatic N) is 2. The van der Waals surface area contributed by atoms with E-state index in [2.05, 4.69) is 5.10 Å². The molecule has 23 heavy (non-hydrogen) atoms. The minimum Gasteiger partial charge on any atom is -0.289 e. The molecule has 1 aromatic heterocycles. The third kappa shape index (κ3) is 2.42. The Morgan fingerprint density at radius 1 is 0.826 bits per heavy atom. The summed E-state index contributed by atoms with van der Waals surface area (Å²) in [5.41, 5.74) is 2.12. The number of fused-ring (bicyclic) bond motifs is 1. The van der Waals surface area contributed by atoms with Gasteiger partial charge in [-0.05, 0) is 35.0 Å². The maximum atomic E-state index is 13.0. The molecule has 1 heterocycles. The van der Waals surface area contributed by atoms with Gasteiger partial charge in [0.25, 0.3) is 0 Å². The van der Waals surface area contributed by atoms with E-state index < -0.39 is 0 Å². The van der Waals surface area contributed by atoms with Gasteiger partial charge in [0.15, 0.2) is 5.78 Å². The van der Waals surface area contributed by atoms with Crippen LogP contribution in [0.25, 0.3) is 16.5 Å². The van der Waals surface area contributed by atoms with Gasteiger partial charge in [-0.1, -0.05) is 48.5 Å². The summed E-state index contributed by atoms with van der Waals surface area (Å²) in [6, 6.07) is 23.2. The fourth-order valence-corrected chi connectivity index (χ4v) is 2.76. The van der Waals surface area contributed by atoms with Crippen LogP contribution in [-0.4, -0.2) is 15.6 Å². The maximum Gasteiger partial charge on any atom is 0.195 e. The van der Waals surface area contributed by atoms with Gasteiger partial charge in [0, 0.05) is 23.5 Å². The molecule has 0 spiro atoms. The molecule has 0 aliphatic heterocycles. The van der Waals surface area contributed by atoms with Crippen LogP contribution in [0.4, 0.5) is 0 Å². The molecule has 4 aromatic rings. The topological polar surface area (TPSA) is 34.9 Å². The summed E-state index contributed by atoms with van der Waals surface area (Å²) in [4.78, 5) is 13.0. The van der Waals surface area contributed by atoms with Gasteiger partial charge in [-0.3, -0.25) is 4.79 Å². The Hall–Kier alpha value is -3.20. The van der Waals surface area contributed by atoms with Crippen molar-refractivity contribution < 1.29 is 4.79 Å². The molecule has 3 aromatic carbocycles. The third-order valence-electron chi connectivity index (χ3n) is 3.91. The average Bonchev–Trinajstić information content (AvgIpc) is 3.15. The second-order valence-electron chi connectivity index (χ2n) is 5.36. The number of benzene rings is 3. The number of hydrogen-bond donors (Lipinski definition) is 0. The molecule has 0 N–H and O–H groups in total. The molecule has 4 rings (SSSR count). The highest BCUT2D eigenvalue weighted by Gasteiger charge is 2.15. The molecule has 0 amide bonds. The molecular weight excluding hydrogens is 284 g/mol. The highest BCUT2D eigenvalue weighted by molar-refractivity contribution is 6.12. The van der Waals surface area contributed by atoms with Crippen LogP contribution in [0.15, 0.2) is 85.2 Å². The van der Waals surface area contributed by atoms with E-state index in [0.29, 0.717) is 11.1 Å². The van der Waals surface area contributed by atoms with Crippen LogP contribution >= 0.6 is 0 Å². The highest BCUT2D eigenvalue weighted by Crippen LogP contribution is 2.21. The number of aromatic nitrogens is 2. The first-order chi connectivity index (χ1) is 11.3. The molecule has 0 unspecified atom stereocenters. The second-order valence-corrected chi connectivity index (χ2v) is 5.36. The zero-order valence-corrected chi connectivity index (χ0v) is 12.4. The predicted octanol–water partition coefficient (Wildman–Crippen LogP) is 4.26. The van der Waals surface area contributed by atoms with E-state index >= 15 is 0 Å². The van der Waals surface area contributed by atoms with E-state index in [4.69, 9.17) is 0 Å². The maximum absolute atomic E-state index is 13.0. The van der Waals surface area contributed by atoms with Gasteiger partial charge in [0.05, 0.1) is 5.69 Å². The van der Waals surface area contributed by atoms with Gasteiger partial charge in [0.1, 0.15) is 0 Å². The molecule has 0 bridgehead atoms. The van der Waals surface area contributed by atoms with Crippen molar-refractivity contribution in [2.75, 3.05) is 0 Å². The molecule has 0 aliphatic carbocycles. The zero-order valence-electron chi connectivity index (χ0n) is 12.4. The van der Waals surface area contributed by atoms with Crippen LogP contribution in [0.5, 0.6) is 0 Å². The lowest BCUT2D eigenvalue weighted by atomic mass is 9.99. The number of hydrogen-bond acceptors (Lipinski definition) is 2. The quantitative estimate of drug-likeness (QED) is 0.530. The minimum atomic E-state index is 0.00172. The van der Waals surface area contributed by atoms with Crippen LogP contribution in [0, 0.1) is 0 Å². The standard InChI is InChI=1S/C20H14N2O/c23-20(17-11-10-15-6-1-2-7-16(15)14-17)18-8-3-4-9-19(18)22-13-5-12-21-22/h1-14H. The summed E-state index contributed by atoms with van der Waals surface area (Å²) in [5, 5.41) is 6.43. The van der Waals surface area contributed by atoms with Crippen molar-refractivity contribution in [3.05, 3.63) is 96.3 Å². The number of para-hydroxylation sites is 1. The van der Waals surface area contributed by atoms with Gasteiger partial charge in [-0.25, -0.2) is 4.68 Å². The number of ketones is 1. The molecule has 0 saturated carbocycles. The van der Waals surface area contributed by atoms with E-state index in [1.165, 1.54) is 0 Å². The van der Waals surface area contributed by atoms with E-state index in [0.717, 1.165) is 16.5 Å². The summed E-state index contributed by atoms with van der Waals surface area (Å²) in [7, 11) is 0. The Kier molecular flexibility index (Phi) is 3.24. The fraction of sp³-hybridized carbons (Fsp3) is 0. The molecule has 0 saturated heterocycles. The van der Waals surface area contributed by atoms with Crippen molar-refractivity contribution in [2.24, 2.45) is 0 Å². The van der Waals surface area contributed by atoms with Gasteiger partial charge in [-0.2, -0.15) is 5.10 Å². The molecule has 110 valence electrons. The van der Waals surface area contributed by atoms with E-state index in [1.807, 2.05) is 79.0 Å². The van der Waals surface area contributed by atoms with Gasteiger partial charge in [-0.15, -0.1) is 0 Å². The Bertz CT molecular complexity index is 987. The first kappa shape index (κ1) is 13.5. The normalized spacial score (nSPS) is 10.8. The Labute approximate surface area is 133 Å². The van der Waals surface area contributed by atoms with E-state index in [9.17, 15) is 4.79 Å². The molecule has 0 aliphatic rings. The van der Waals surface area contributed by atoms with Crippen LogP contribution in [-0.2, 0) is 0 Å².